The molecule has 0 aliphatic carbocycles. The molecule has 2 rings (SSSR count). The zero-order valence-electron chi connectivity index (χ0n) is 10.7. The lowest BCUT2D eigenvalue weighted by atomic mass is 10.0. The van der Waals surface area contributed by atoms with E-state index in [0.717, 1.165) is 6.08 Å². The lowest BCUT2D eigenvalue weighted by molar-refractivity contribution is -0.147. The van der Waals surface area contributed by atoms with Gasteiger partial charge in [-0.25, -0.2) is 9.59 Å². The molecule has 2 atom stereocenters. The van der Waals surface area contributed by atoms with Gasteiger partial charge in [0.1, 0.15) is 17.1 Å². The van der Waals surface area contributed by atoms with Crippen LogP contribution in [0.4, 0.5) is 0 Å². The maximum Gasteiger partial charge on any atom is 0.352 e. The van der Waals surface area contributed by atoms with E-state index in [1.807, 2.05) is 0 Å². The minimum atomic E-state index is -1.21. The molecule has 1 saturated heterocycles. The quantitative estimate of drug-likeness (QED) is 0.416. The lowest BCUT2D eigenvalue weighted by Gasteiger charge is -2.47. The van der Waals surface area contributed by atoms with E-state index in [2.05, 4.69) is 0 Å². The third-order valence-electron chi connectivity index (χ3n) is 2.95. The van der Waals surface area contributed by atoms with E-state index in [0.29, 0.717) is 11.3 Å². The molecule has 2 aliphatic rings. The predicted octanol–water partition coefficient (Wildman–Crippen LogP) is -0.313. The van der Waals surface area contributed by atoms with Gasteiger partial charge in [0.05, 0.1) is 6.61 Å². The summed E-state index contributed by atoms with van der Waals surface area (Å²) in [5, 5.41) is 8.91. The van der Waals surface area contributed by atoms with Crippen molar-refractivity contribution in [1.29, 1.82) is 0 Å². The maximum atomic E-state index is 11.7. The van der Waals surface area contributed by atoms with Crippen LogP contribution in [-0.4, -0.2) is 51.6 Å². The molecule has 0 aromatic heterocycles. The number of carboxylic acids is 1. The van der Waals surface area contributed by atoms with Gasteiger partial charge in [0, 0.05) is 11.8 Å². The van der Waals surface area contributed by atoms with E-state index in [1.165, 1.54) is 22.7 Å². The van der Waals surface area contributed by atoms with Crippen LogP contribution in [0.1, 0.15) is 6.92 Å². The summed E-state index contributed by atoms with van der Waals surface area (Å²) in [4.78, 5) is 35.4. The number of carbonyl (C=O) groups is 3. The number of carbonyl (C=O) groups excluding carboxylic acids is 2. The standard InChI is InChI=1S/C12H14N2O5S/c1-2-19-7(15)4-3-6-5-20-11-8(13)10(16)14(11)9(6)12(17)18/h3-4,8,11H,2,5,13H2,1H3,(H,17,18)/b4-3+. The molecule has 0 bridgehead atoms. The van der Waals surface area contributed by atoms with Crippen molar-refractivity contribution in [2.24, 2.45) is 5.73 Å². The van der Waals surface area contributed by atoms with Crippen molar-refractivity contribution in [2.45, 2.75) is 18.3 Å². The summed E-state index contributed by atoms with van der Waals surface area (Å²) in [5.41, 5.74) is 5.91. The monoisotopic (exact) mass is 298 g/mol. The van der Waals surface area contributed by atoms with Crippen LogP contribution in [0.5, 0.6) is 0 Å². The van der Waals surface area contributed by atoms with E-state index in [4.69, 9.17) is 10.5 Å². The van der Waals surface area contributed by atoms with Crippen LogP contribution in [0.15, 0.2) is 23.4 Å². The Hall–Kier alpha value is -1.80. The Balaban J connectivity index is 2.27. The molecule has 20 heavy (non-hydrogen) atoms. The lowest BCUT2D eigenvalue weighted by Crippen LogP contribution is -2.68. The van der Waals surface area contributed by atoms with Crippen molar-refractivity contribution in [2.75, 3.05) is 12.4 Å². The van der Waals surface area contributed by atoms with Crippen molar-refractivity contribution in [3.8, 4) is 0 Å². The van der Waals surface area contributed by atoms with E-state index in [9.17, 15) is 19.5 Å². The molecule has 0 spiro atoms. The van der Waals surface area contributed by atoms with Gasteiger partial charge in [0.25, 0.3) is 0 Å². The van der Waals surface area contributed by atoms with Crippen molar-refractivity contribution < 1.29 is 24.2 Å². The number of nitrogens with two attached hydrogens (primary N) is 1. The van der Waals surface area contributed by atoms with Crippen molar-refractivity contribution in [3.63, 3.8) is 0 Å². The second-order valence-electron chi connectivity index (χ2n) is 4.20. The Bertz CT molecular complexity index is 528. The molecule has 2 unspecified atom stereocenters. The van der Waals surface area contributed by atoms with Gasteiger partial charge in [0.2, 0.25) is 5.91 Å². The van der Waals surface area contributed by atoms with Crippen molar-refractivity contribution in [3.05, 3.63) is 23.4 Å². The highest BCUT2D eigenvalue weighted by Crippen LogP contribution is 2.39. The number of allylic oxidation sites excluding steroid dienone is 1. The molecule has 3 N–H and O–H groups in total. The summed E-state index contributed by atoms with van der Waals surface area (Å²) in [6.45, 7) is 1.92. The third kappa shape index (κ3) is 2.44. The third-order valence-corrected chi connectivity index (χ3v) is 4.27. The first-order valence-corrected chi connectivity index (χ1v) is 7.03. The van der Waals surface area contributed by atoms with E-state index >= 15 is 0 Å². The van der Waals surface area contributed by atoms with Crippen LogP contribution in [0.3, 0.4) is 0 Å². The van der Waals surface area contributed by atoms with Gasteiger partial charge in [-0.3, -0.25) is 9.69 Å². The number of thioether (sulfide) groups is 1. The number of β-lactam (4-membered cyclic amide) rings is 1. The average molecular weight is 298 g/mol. The fourth-order valence-electron chi connectivity index (χ4n) is 2.03. The maximum absolute atomic E-state index is 11.7. The van der Waals surface area contributed by atoms with E-state index in [-0.39, 0.29) is 17.7 Å². The van der Waals surface area contributed by atoms with Crippen LogP contribution in [-0.2, 0) is 19.1 Å². The number of nitrogens with zero attached hydrogens (tertiary/aromatic N) is 1. The number of aliphatic carboxylic acids is 1. The highest BCUT2D eigenvalue weighted by Gasteiger charge is 2.51. The molecule has 1 amide bonds. The molecule has 7 nitrogen and oxygen atoms in total. The van der Waals surface area contributed by atoms with Crippen LogP contribution in [0.2, 0.25) is 0 Å². The number of ether oxygens (including phenoxy) is 1. The Labute approximate surface area is 119 Å². The van der Waals surface area contributed by atoms with Gasteiger partial charge in [-0.1, -0.05) is 0 Å². The summed E-state index contributed by atoms with van der Waals surface area (Å²) >= 11 is 1.37. The molecule has 2 heterocycles. The summed E-state index contributed by atoms with van der Waals surface area (Å²) < 4.78 is 4.73. The van der Waals surface area contributed by atoms with Crippen LogP contribution in [0, 0.1) is 0 Å². The van der Waals surface area contributed by atoms with Gasteiger partial charge in [-0.15, -0.1) is 11.8 Å². The van der Waals surface area contributed by atoms with Crippen LogP contribution < -0.4 is 5.73 Å². The Morgan fingerprint density at radius 1 is 1.60 bits per heavy atom. The molecule has 0 saturated carbocycles. The minimum absolute atomic E-state index is 0.110. The van der Waals surface area contributed by atoms with Crippen LogP contribution >= 0.6 is 11.8 Å². The van der Waals surface area contributed by atoms with Gasteiger partial charge >= 0.3 is 11.9 Å². The molecule has 1 fully saturated rings. The molecular weight excluding hydrogens is 284 g/mol. The normalized spacial score (nSPS) is 25.5. The molecule has 0 radical (unpaired) electrons. The number of hydrogen-bond acceptors (Lipinski definition) is 6. The molecule has 0 aromatic rings. The minimum Gasteiger partial charge on any atom is -0.477 e. The number of esters is 1. The first kappa shape index (κ1) is 14.6. The molecule has 2 aliphatic heterocycles. The number of hydrogen-bond donors (Lipinski definition) is 2. The smallest absolute Gasteiger partial charge is 0.352 e. The van der Waals surface area contributed by atoms with Crippen LogP contribution in [0.25, 0.3) is 0 Å². The molecular formula is C12H14N2O5S. The first-order chi connectivity index (χ1) is 9.47. The summed E-state index contributed by atoms with van der Waals surface area (Å²) in [7, 11) is 0. The number of amides is 1. The largest absolute Gasteiger partial charge is 0.477 e. The van der Waals surface area contributed by atoms with Gasteiger partial charge in [-0.05, 0) is 18.6 Å². The molecule has 108 valence electrons. The second-order valence-corrected chi connectivity index (χ2v) is 5.30. The first-order valence-electron chi connectivity index (χ1n) is 5.99. The summed E-state index contributed by atoms with van der Waals surface area (Å²) in [5.74, 6) is -1.80. The van der Waals surface area contributed by atoms with Crippen molar-refractivity contribution >= 4 is 29.6 Å². The molecule has 8 heteroatoms. The van der Waals surface area contributed by atoms with E-state index in [1.54, 1.807) is 6.92 Å². The molecule has 0 aromatic carbocycles. The Kier molecular flexibility index (Phi) is 4.15. The van der Waals surface area contributed by atoms with Gasteiger partial charge < -0.3 is 15.6 Å². The second kappa shape index (κ2) is 5.68. The average Bonchev–Trinajstić information content (AvgIpc) is 2.43. The fraction of sp³-hybridized carbons (Fsp3) is 0.417. The fourth-order valence-corrected chi connectivity index (χ4v) is 3.29. The Morgan fingerprint density at radius 3 is 2.90 bits per heavy atom. The highest BCUT2D eigenvalue weighted by molar-refractivity contribution is 8.00. The van der Waals surface area contributed by atoms with E-state index < -0.39 is 23.9 Å². The summed E-state index contributed by atoms with van der Waals surface area (Å²) in [6, 6.07) is -0.662. The van der Waals surface area contributed by atoms with Gasteiger partial charge in [0.15, 0.2) is 0 Å². The SMILES string of the molecule is CCOC(=O)/C=C/C1=C(C(=O)O)N2C(=O)C(N)C2SC1. The predicted molar refractivity (Wildman–Crippen MR) is 71.5 cm³/mol. The van der Waals surface area contributed by atoms with Gasteiger partial charge in [-0.2, -0.15) is 0 Å². The zero-order valence-corrected chi connectivity index (χ0v) is 11.6. The van der Waals surface area contributed by atoms with Crippen molar-refractivity contribution in [1.82, 2.24) is 4.90 Å². The zero-order chi connectivity index (χ0) is 14.9. The number of fused-ring (bicyclic) bond motifs is 1. The highest BCUT2D eigenvalue weighted by atomic mass is 32.2. The summed E-state index contributed by atoms with van der Waals surface area (Å²) in [6.07, 6.45) is 2.54. The number of rotatable bonds is 4. The number of carboxylic acid groups (broad SMARTS) is 1. The Morgan fingerprint density at radius 2 is 2.30 bits per heavy atom. The topological polar surface area (TPSA) is 110 Å².